The molecule has 18 heavy (non-hydrogen) atoms. The van der Waals surface area contributed by atoms with E-state index in [4.69, 9.17) is 4.42 Å². The molecule has 5 heteroatoms. The lowest BCUT2D eigenvalue weighted by Gasteiger charge is -2.41. The monoisotopic (exact) mass is 248 g/mol. The van der Waals surface area contributed by atoms with Gasteiger partial charge in [-0.1, -0.05) is 0 Å². The number of piperidine rings is 2. The molecule has 3 heterocycles. The van der Waals surface area contributed by atoms with Gasteiger partial charge >= 0.3 is 0 Å². The molecule has 2 amide bonds. The first-order valence-corrected chi connectivity index (χ1v) is 6.36. The number of furan rings is 1. The maximum absolute atomic E-state index is 12.1. The zero-order chi connectivity index (χ0) is 12.5. The summed E-state index contributed by atoms with van der Waals surface area (Å²) in [5.41, 5.74) is 0. The highest BCUT2D eigenvalue weighted by Crippen LogP contribution is 2.26. The van der Waals surface area contributed by atoms with Gasteiger partial charge in [-0.15, -0.1) is 0 Å². The van der Waals surface area contributed by atoms with Gasteiger partial charge in [0, 0.05) is 25.6 Å². The van der Waals surface area contributed by atoms with Crippen LogP contribution in [0.3, 0.4) is 0 Å². The van der Waals surface area contributed by atoms with Crippen LogP contribution in [0.4, 0.5) is 0 Å². The Bertz CT molecular complexity index is 455. The summed E-state index contributed by atoms with van der Waals surface area (Å²) in [6.45, 7) is 1.39. The lowest BCUT2D eigenvalue weighted by Crippen LogP contribution is -2.55. The number of carbonyl (C=O) groups is 2. The van der Waals surface area contributed by atoms with Gasteiger partial charge in [0.05, 0.1) is 6.26 Å². The van der Waals surface area contributed by atoms with Crippen molar-refractivity contribution in [3.63, 3.8) is 0 Å². The van der Waals surface area contributed by atoms with E-state index < -0.39 is 0 Å². The van der Waals surface area contributed by atoms with Gasteiger partial charge in [-0.2, -0.15) is 0 Å². The number of rotatable bonds is 1. The Hall–Kier alpha value is -1.78. The molecule has 1 N–H and O–H groups in total. The van der Waals surface area contributed by atoms with Gasteiger partial charge < -0.3 is 14.6 Å². The Labute approximate surface area is 105 Å². The molecule has 0 saturated carbocycles. The summed E-state index contributed by atoms with van der Waals surface area (Å²) in [5.74, 6) is 0.876. The van der Waals surface area contributed by atoms with Crippen molar-refractivity contribution >= 4 is 11.8 Å². The highest BCUT2D eigenvalue weighted by atomic mass is 16.3. The summed E-state index contributed by atoms with van der Waals surface area (Å²) < 4.78 is 5.14. The number of hydrogen-bond donors (Lipinski definition) is 1. The molecular weight excluding hydrogens is 232 g/mol. The van der Waals surface area contributed by atoms with Crippen molar-refractivity contribution in [1.29, 1.82) is 0 Å². The van der Waals surface area contributed by atoms with Crippen molar-refractivity contribution < 1.29 is 14.0 Å². The molecule has 2 aliphatic heterocycles. The maximum atomic E-state index is 12.1. The van der Waals surface area contributed by atoms with Crippen LogP contribution < -0.4 is 5.32 Å². The third-order valence-corrected chi connectivity index (χ3v) is 3.84. The molecule has 0 radical (unpaired) electrons. The first-order chi connectivity index (χ1) is 8.74. The van der Waals surface area contributed by atoms with Crippen LogP contribution in [-0.4, -0.2) is 35.8 Å². The summed E-state index contributed by atoms with van der Waals surface area (Å²) in [6.07, 6.45) is 3.80. The maximum Gasteiger partial charge on any atom is 0.289 e. The van der Waals surface area contributed by atoms with Crippen molar-refractivity contribution in [3.8, 4) is 0 Å². The second kappa shape index (κ2) is 4.48. The Morgan fingerprint density at radius 2 is 2.33 bits per heavy atom. The van der Waals surface area contributed by atoms with E-state index in [1.807, 2.05) is 4.90 Å². The molecule has 2 aliphatic rings. The van der Waals surface area contributed by atoms with Gasteiger partial charge in [0.15, 0.2) is 5.76 Å². The number of nitrogens with zero attached hydrogens (tertiary/aromatic N) is 1. The average molecular weight is 248 g/mol. The van der Waals surface area contributed by atoms with E-state index in [-0.39, 0.29) is 17.9 Å². The highest BCUT2D eigenvalue weighted by Gasteiger charge is 2.35. The summed E-state index contributed by atoms with van der Waals surface area (Å²) in [4.78, 5) is 25.3. The van der Waals surface area contributed by atoms with E-state index in [0.29, 0.717) is 31.2 Å². The lowest BCUT2D eigenvalue weighted by atomic mass is 9.85. The van der Waals surface area contributed by atoms with E-state index in [2.05, 4.69) is 5.32 Å². The minimum atomic E-state index is -0.0460. The van der Waals surface area contributed by atoms with E-state index >= 15 is 0 Å². The lowest BCUT2D eigenvalue weighted by molar-refractivity contribution is -0.125. The van der Waals surface area contributed by atoms with Crippen LogP contribution in [0.1, 0.15) is 29.8 Å². The first kappa shape index (κ1) is 11.3. The van der Waals surface area contributed by atoms with Gasteiger partial charge in [0.2, 0.25) is 5.91 Å². The van der Waals surface area contributed by atoms with Crippen LogP contribution in [0.2, 0.25) is 0 Å². The molecule has 1 aromatic rings. The number of nitrogens with one attached hydrogen (secondary N) is 1. The minimum absolute atomic E-state index is 0.0460. The van der Waals surface area contributed by atoms with Crippen LogP contribution in [0.5, 0.6) is 0 Å². The van der Waals surface area contributed by atoms with Gasteiger partial charge in [0.1, 0.15) is 0 Å². The van der Waals surface area contributed by atoms with Gasteiger partial charge in [-0.25, -0.2) is 0 Å². The van der Waals surface area contributed by atoms with Crippen molar-refractivity contribution in [2.24, 2.45) is 5.92 Å². The molecule has 5 nitrogen and oxygen atoms in total. The summed E-state index contributed by atoms with van der Waals surface area (Å²) in [6, 6.07) is 3.66. The van der Waals surface area contributed by atoms with Gasteiger partial charge in [-0.05, 0) is 30.9 Å². The largest absolute Gasteiger partial charge is 0.459 e. The molecule has 0 aromatic carbocycles. The topological polar surface area (TPSA) is 62.6 Å². The summed E-state index contributed by atoms with van der Waals surface area (Å²) in [7, 11) is 0. The summed E-state index contributed by atoms with van der Waals surface area (Å²) in [5, 5.41) is 3.01. The molecule has 0 aliphatic carbocycles. The number of carbonyl (C=O) groups excluding carboxylic acids is 2. The number of fused-ring (bicyclic) bond motifs is 1. The van der Waals surface area contributed by atoms with E-state index in [1.165, 1.54) is 6.26 Å². The molecule has 2 saturated heterocycles. The fraction of sp³-hybridized carbons (Fsp3) is 0.538. The normalized spacial score (nSPS) is 27.6. The Morgan fingerprint density at radius 3 is 3.11 bits per heavy atom. The zero-order valence-corrected chi connectivity index (χ0v) is 10.1. The van der Waals surface area contributed by atoms with Crippen LogP contribution in [0.15, 0.2) is 22.8 Å². The number of likely N-dealkylation sites (tertiary alicyclic amines) is 1. The standard InChI is InChI=1S/C13H16N2O3/c16-12-4-3-9-8-15(6-5-10(9)14-12)13(17)11-2-1-7-18-11/h1-2,7,9-10H,3-6,8H2,(H,14,16). The zero-order valence-electron chi connectivity index (χ0n) is 10.1. The van der Waals surface area contributed by atoms with Crippen LogP contribution in [-0.2, 0) is 4.79 Å². The molecule has 2 atom stereocenters. The Morgan fingerprint density at radius 1 is 1.44 bits per heavy atom. The number of hydrogen-bond acceptors (Lipinski definition) is 3. The quantitative estimate of drug-likeness (QED) is 0.807. The number of amides is 2. The van der Waals surface area contributed by atoms with E-state index in [0.717, 1.165) is 12.8 Å². The second-order valence-corrected chi connectivity index (χ2v) is 4.99. The smallest absolute Gasteiger partial charge is 0.289 e. The van der Waals surface area contributed by atoms with Gasteiger partial charge in [-0.3, -0.25) is 9.59 Å². The molecule has 3 rings (SSSR count). The second-order valence-electron chi connectivity index (χ2n) is 4.99. The summed E-state index contributed by atoms with van der Waals surface area (Å²) >= 11 is 0. The van der Waals surface area contributed by atoms with Crippen molar-refractivity contribution in [1.82, 2.24) is 10.2 Å². The van der Waals surface area contributed by atoms with E-state index in [9.17, 15) is 9.59 Å². The fourth-order valence-electron chi connectivity index (χ4n) is 2.85. The van der Waals surface area contributed by atoms with Crippen LogP contribution in [0, 0.1) is 5.92 Å². The third kappa shape index (κ3) is 2.00. The van der Waals surface area contributed by atoms with Crippen molar-refractivity contribution in [3.05, 3.63) is 24.2 Å². The Balaban J connectivity index is 1.67. The molecule has 96 valence electrons. The highest BCUT2D eigenvalue weighted by molar-refractivity contribution is 5.91. The third-order valence-electron chi connectivity index (χ3n) is 3.84. The Kier molecular flexibility index (Phi) is 2.81. The van der Waals surface area contributed by atoms with Crippen molar-refractivity contribution in [2.45, 2.75) is 25.3 Å². The predicted molar refractivity (Wildman–Crippen MR) is 63.9 cm³/mol. The van der Waals surface area contributed by atoms with Gasteiger partial charge in [0.25, 0.3) is 5.91 Å². The molecule has 2 unspecified atom stereocenters. The van der Waals surface area contributed by atoms with Crippen LogP contribution in [0.25, 0.3) is 0 Å². The molecular formula is C13H16N2O3. The predicted octanol–water partition coefficient (Wildman–Crippen LogP) is 1.02. The first-order valence-electron chi connectivity index (χ1n) is 6.36. The SMILES string of the molecule is O=C1CCC2CN(C(=O)c3ccco3)CCC2N1. The minimum Gasteiger partial charge on any atom is -0.459 e. The molecule has 2 fully saturated rings. The van der Waals surface area contributed by atoms with Crippen LogP contribution >= 0.6 is 0 Å². The molecule has 1 aromatic heterocycles. The van der Waals surface area contributed by atoms with E-state index in [1.54, 1.807) is 12.1 Å². The molecule has 0 spiro atoms. The molecule has 0 bridgehead atoms. The fourth-order valence-corrected chi connectivity index (χ4v) is 2.85. The van der Waals surface area contributed by atoms with Crippen molar-refractivity contribution in [2.75, 3.05) is 13.1 Å². The average Bonchev–Trinajstić information content (AvgIpc) is 2.91.